The summed E-state index contributed by atoms with van der Waals surface area (Å²) in [6, 6.07) is 0. The highest BCUT2D eigenvalue weighted by Crippen LogP contribution is 2.23. The third-order valence-electron chi connectivity index (χ3n) is 2.73. The van der Waals surface area contributed by atoms with Crippen LogP contribution in [0.15, 0.2) is 0 Å². The molecule has 0 amide bonds. The van der Waals surface area contributed by atoms with Crippen molar-refractivity contribution in [3.8, 4) is 0 Å². The van der Waals surface area contributed by atoms with Crippen LogP contribution in [0.5, 0.6) is 0 Å². The lowest BCUT2D eigenvalue weighted by molar-refractivity contribution is -0.149. The van der Waals surface area contributed by atoms with Crippen molar-refractivity contribution < 1.29 is 19.3 Å². The number of hydrogen-bond donors (Lipinski definition) is 1. The normalized spacial score (nSPS) is 34.3. The smallest absolute Gasteiger partial charge is 0.163 e. The molecule has 16 heavy (non-hydrogen) atoms. The summed E-state index contributed by atoms with van der Waals surface area (Å²) in [6.45, 7) is 8.99. The van der Waals surface area contributed by atoms with Crippen molar-refractivity contribution in [1.29, 1.82) is 0 Å². The van der Waals surface area contributed by atoms with E-state index in [2.05, 4.69) is 6.92 Å². The fourth-order valence-electron chi connectivity index (χ4n) is 1.69. The van der Waals surface area contributed by atoms with Crippen LogP contribution in [0, 0.1) is 0 Å². The van der Waals surface area contributed by atoms with Crippen molar-refractivity contribution >= 4 is 0 Å². The molecule has 0 bridgehead atoms. The molecule has 0 aromatic rings. The second kappa shape index (κ2) is 5.96. The lowest BCUT2D eigenvalue weighted by atomic mass is 10.2. The van der Waals surface area contributed by atoms with Crippen LogP contribution in [-0.4, -0.2) is 42.4 Å². The van der Waals surface area contributed by atoms with E-state index in [-0.39, 0.29) is 6.10 Å². The van der Waals surface area contributed by atoms with Gasteiger partial charge < -0.3 is 19.3 Å². The Bertz CT molecular complexity index is 197. The summed E-state index contributed by atoms with van der Waals surface area (Å²) in [5, 5.41) is 9.08. The highest BCUT2D eigenvalue weighted by atomic mass is 16.7. The maximum Gasteiger partial charge on any atom is 0.163 e. The van der Waals surface area contributed by atoms with Crippen LogP contribution >= 0.6 is 0 Å². The van der Waals surface area contributed by atoms with Gasteiger partial charge in [0.2, 0.25) is 0 Å². The number of ether oxygens (including phenoxy) is 3. The maximum absolute atomic E-state index is 9.08. The quantitative estimate of drug-likeness (QED) is 0.747. The zero-order valence-corrected chi connectivity index (χ0v) is 10.7. The summed E-state index contributed by atoms with van der Waals surface area (Å²) in [6.07, 6.45) is 2.48. The Labute approximate surface area is 97.9 Å². The van der Waals surface area contributed by atoms with E-state index < -0.39 is 11.9 Å². The molecule has 2 rings (SSSR count). The Balaban J connectivity index is 0.000000181. The molecule has 2 heterocycles. The summed E-state index contributed by atoms with van der Waals surface area (Å²) < 4.78 is 15.7. The van der Waals surface area contributed by atoms with Crippen LogP contribution in [0.1, 0.15) is 40.5 Å². The minimum atomic E-state index is -0.512. The SMILES string of the molecule is CC1CCCO1.C[C@@H](O)[C@@H]1COC(C)(C)O1. The molecule has 96 valence electrons. The van der Waals surface area contributed by atoms with Gasteiger partial charge >= 0.3 is 0 Å². The Morgan fingerprint density at radius 3 is 2.25 bits per heavy atom. The highest BCUT2D eigenvalue weighted by Gasteiger charge is 2.34. The van der Waals surface area contributed by atoms with E-state index in [1.165, 1.54) is 12.8 Å². The van der Waals surface area contributed by atoms with Crippen molar-refractivity contribution in [2.24, 2.45) is 0 Å². The van der Waals surface area contributed by atoms with E-state index in [0.717, 1.165) is 6.61 Å². The number of rotatable bonds is 1. The summed E-state index contributed by atoms with van der Waals surface area (Å²) in [5.74, 6) is -0.512. The molecular weight excluding hydrogens is 208 g/mol. The first-order valence-corrected chi connectivity index (χ1v) is 6.02. The Hall–Kier alpha value is -0.160. The Morgan fingerprint density at radius 2 is 2.06 bits per heavy atom. The molecule has 0 radical (unpaired) electrons. The number of aliphatic hydroxyl groups excluding tert-OH is 1. The van der Waals surface area contributed by atoms with Crippen LogP contribution in [-0.2, 0) is 14.2 Å². The Morgan fingerprint density at radius 1 is 1.38 bits per heavy atom. The molecule has 0 aromatic heterocycles. The van der Waals surface area contributed by atoms with Crippen LogP contribution in [0.4, 0.5) is 0 Å². The van der Waals surface area contributed by atoms with Gasteiger partial charge in [0, 0.05) is 6.61 Å². The lowest BCUT2D eigenvalue weighted by Crippen LogP contribution is -2.28. The summed E-state index contributed by atoms with van der Waals surface area (Å²) in [7, 11) is 0. The first-order chi connectivity index (χ1) is 7.41. The third kappa shape index (κ3) is 4.78. The van der Waals surface area contributed by atoms with Gasteiger partial charge in [0.15, 0.2) is 5.79 Å². The molecule has 2 fully saturated rings. The van der Waals surface area contributed by atoms with Gasteiger partial charge in [-0.1, -0.05) is 0 Å². The topological polar surface area (TPSA) is 47.9 Å². The van der Waals surface area contributed by atoms with Gasteiger partial charge in [0.05, 0.1) is 18.8 Å². The minimum Gasteiger partial charge on any atom is -0.391 e. The molecular formula is C12H24O4. The zero-order valence-electron chi connectivity index (χ0n) is 10.7. The first-order valence-electron chi connectivity index (χ1n) is 6.02. The largest absolute Gasteiger partial charge is 0.391 e. The molecule has 0 aliphatic carbocycles. The predicted octanol–water partition coefficient (Wildman–Crippen LogP) is 1.70. The van der Waals surface area contributed by atoms with E-state index in [1.807, 2.05) is 13.8 Å². The molecule has 1 unspecified atom stereocenters. The fraction of sp³-hybridized carbons (Fsp3) is 1.00. The van der Waals surface area contributed by atoms with E-state index in [1.54, 1.807) is 6.92 Å². The van der Waals surface area contributed by atoms with Gasteiger partial charge in [-0.2, -0.15) is 0 Å². The molecule has 2 saturated heterocycles. The predicted molar refractivity (Wildman–Crippen MR) is 61.2 cm³/mol. The summed E-state index contributed by atoms with van der Waals surface area (Å²) in [5.41, 5.74) is 0. The van der Waals surface area contributed by atoms with Crippen LogP contribution in [0.2, 0.25) is 0 Å². The Kier molecular flexibility index (Phi) is 5.18. The molecule has 0 spiro atoms. The fourth-order valence-corrected chi connectivity index (χ4v) is 1.69. The molecule has 1 N–H and O–H groups in total. The van der Waals surface area contributed by atoms with Gasteiger partial charge in [0.25, 0.3) is 0 Å². The molecule has 4 nitrogen and oxygen atoms in total. The lowest BCUT2D eigenvalue weighted by Gasteiger charge is -2.17. The second-order valence-corrected chi connectivity index (χ2v) is 4.93. The minimum absolute atomic E-state index is 0.157. The number of hydrogen-bond acceptors (Lipinski definition) is 4. The van der Waals surface area contributed by atoms with Gasteiger partial charge in [-0.3, -0.25) is 0 Å². The monoisotopic (exact) mass is 232 g/mol. The van der Waals surface area contributed by atoms with Crippen molar-refractivity contribution in [3.05, 3.63) is 0 Å². The van der Waals surface area contributed by atoms with Gasteiger partial charge in [-0.15, -0.1) is 0 Å². The maximum atomic E-state index is 9.08. The van der Waals surface area contributed by atoms with Gasteiger partial charge in [-0.25, -0.2) is 0 Å². The molecule has 2 aliphatic rings. The number of aliphatic hydroxyl groups is 1. The summed E-state index contributed by atoms with van der Waals surface area (Å²) in [4.78, 5) is 0. The molecule has 2 aliphatic heterocycles. The average molecular weight is 232 g/mol. The van der Waals surface area contributed by atoms with Crippen LogP contribution < -0.4 is 0 Å². The standard InChI is InChI=1S/C7H14O3.C5H10O/c1-5(8)6-4-9-7(2,3)10-6;1-5-3-2-4-6-5/h5-6,8H,4H2,1-3H3;5H,2-4H2,1H3/t5-,6+;/m1./s1. The van der Waals surface area contributed by atoms with E-state index >= 15 is 0 Å². The highest BCUT2D eigenvalue weighted by molar-refractivity contribution is 4.74. The molecule has 0 saturated carbocycles. The molecule has 3 atom stereocenters. The van der Waals surface area contributed by atoms with Crippen LogP contribution in [0.3, 0.4) is 0 Å². The second-order valence-electron chi connectivity index (χ2n) is 4.93. The molecule has 4 heteroatoms. The summed E-state index contributed by atoms with van der Waals surface area (Å²) >= 11 is 0. The average Bonchev–Trinajstić information content (AvgIpc) is 2.75. The van der Waals surface area contributed by atoms with E-state index in [9.17, 15) is 0 Å². The van der Waals surface area contributed by atoms with Crippen molar-refractivity contribution in [3.63, 3.8) is 0 Å². The van der Waals surface area contributed by atoms with Crippen molar-refractivity contribution in [2.75, 3.05) is 13.2 Å². The van der Waals surface area contributed by atoms with Crippen molar-refractivity contribution in [1.82, 2.24) is 0 Å². The zero-order chi connectivity index (χ0) is 12.2. The molecule has 0 aromatic carbocycles. The third-order valence-corrected chi connectivity index (χ3v) is 2.73. The van der Waals surface area contributed by atoms with Gasteiger partial charge in [-0.05, 0) is 40.5 Å². The van der Waals surface area contributed by atoms with Crippen molar-refractivity contribution in [2.45, 2.75) is 64.6 Å². The van der Waals surface area contributed by atoms with Gasteiger partial charge in [0.1, 0.15) is 6.10 Å². The van der Waals surface area contributed by atoms with E-state index in [0.29, 0.717) is 12.7 Å². The van der Waals surface area contributed by atoms with E-state index in [4.69, 9.17) is 19.3 Å². The first kappa shape index (κ1) is 13.9. The van der Waals surface area contributed by atoms with Crippen LogP contribution in [0.25, 0.3) is 0 Å².